The molecule has 1 aliphatic heterocycles. The van der Waals surface area contributed by atoms with Crippen LogP contribution in [0.4, 0.5) is 0 Å². The normalized spacial score (nSPS) is 25.2. The van der Waals surface area contributed by atoms with E-state index >= 15 is 0 Å². The first-order valence-electron chi connectivity index (χ1n) is 9.90. The van der Waals surface area contributed by atoms with Gasteiger partial charge in [0.15, 0.2) is 0 Å². The van der Waals surface area contributed by atoms with Gasteiger partial charge in [0.25, 0.3) is 0 Å². The summed E-state index contributed by atoms with van der Waals surface area (Å²) in [5.41, 5.74) is 0. The first kappa shape index (κ1) is 21.8. The van der Waals surface area contributed by atoms with Crippen LogP contribution in [-0.4, -0.2) is 59.6 Å². The molecule has 0 aromatic rings. The van der Waals surface area contributed by atoms with Crippen LogP contribution in [0.1, 0.15) is 77.6 Å². The Kier molecular flexibility index (Phi) is 12.8. The van der Waals surface area contributed by atoms with Crippen molar-refractivity contribution in [1.82, 2.24) is 0 Å². The van der Waals surface area contributed by atoms with E-state index in [0.29, 0.717) is 6.61 Å². The Hall–Kier alpha value is -0.200. The zero-order chi connectivity index (χ0) is 17.6. The van der Waals surface area contributed by atoms with Crippen LogP contribution < -0.4 is 0 Å². The van der Waals surface area contributed by atoms with Crippen LogP contribution in [0.5, 0.6) is 0 Å². The van der Waals surface area contributed by atoms with E-state index in [1.165, 1.54) is 57.8 Å². The molecule has 0 spiro atoms. The number of aliphatic hydroxyl groups excluding tert-OH is 3. The highest BCUT2D eigenvalue weighted by molar-refractivity contribution is 4.87. The first-order chi connectivity index (χ1) is 11.7. The lowest BCUT2D eigenvalue weighted by Gasteiger charge is -2.20. The average Bonchev–Trinajstić information content (AvgIpc) is 2.91. The minimum absolute atomic E-state index is 0.0709. The van der Waals surface area contributed by atoms with Crippen LogP contribution in [0.2, 0.25) is 0 Å². The molecular formula is C19H38O5. The fourth-order valence-electron chi connectivity index (χ4n) is 3.13. The van der Waals surface area contributed by atoms with Gasteiger partial charge < -0.3 is 24.8 Å². The van der Waals surface area contributed by atoms with E-state index in [1.54, 1.807) is 0 Å². The molecular weight excluding hydrogens is 308 g/mol. The molecule has 1 heterocycles. The molecule has 3 N–H and O–H groups in total. The van der Waals surface area contributed by atoms with Gasteiger partial charge in [-0.2, -0.15) is 0 Å². The Morgan fingerprint density at radius 2 is 1.46 bits per heavy atom. The molecule has 144 valence electrons. The summed E-state index contributed by atoms with van der Waals surface area (Å²) in [4.78, 5) is 0. The van der Waals surface area contributed by atoms with Crippen molar-refractivity contribution in [2.24, 2.45) is 0 Å². The fraction of sp³-hybridized carbons (Fsp3) is 1.00. The number of rotatable bonds is 15. The number of hydrogen-bond donors (Lipinski definition) is 3. The minimum atomic E-state index is -1.02. The van der Waals surface area contributed by atoms with Crippen molar-refractivity contribution in [3.8, 4) is 0 Å². The summed E-state index contributed by atoms with van der Waals surface area (Å²) >= 11 is 0. The van der Waals surface area contributed by atoms with Crippen LogP contribution >= 0.6 is 0 Å². The largest absolute Gasteiger partial charge is 0.388 e. The SMILES string of the molecule is CCCCCCCCCCCCCOC[C@@H](O)[C@@H]1OC[C@H](O)[C@@H]1O. The van der Waals surface area contributed by atoms with E-state index in [9.17, 15) is 15.3 Å². The third-order valence-corrected chi connectivity index (χ3v) is 4.75. The van der Waals surface area contributed by atoms with Gasteiger partial charge in [0.05, 0.1) is 13.2 Å². The van der Waals surface area contributed by atoms with Crippen LogP contribution in [0, 0.1) is 0 Å². The number of ether oxygens (including phenoxy) is 2. The summed E-state index contributed by atoms with van der Waals surface area (Å²) in [6, 6.07) is 0. The molecule has 1 aliphatic rings. The summed E-state index contributed by atoms with van der Waals surface area (Å²) in [5, 5.41) is 28.9. The molecule has 24 heavy (non-hydrogen) atoms. The van der Waals surface area contributed by atoms with Gasteiger partial charge in [0.2, 0.25) is 0 Å². The molecule has 1 fully saturated rings. The maximum Gasteiger partial charge on any atom is 0.114 e. The molecule has 1 rings (SSSR count). The van der Waals surface area contributed by atoms with E-state index in [1.807, 2.05) is 0 Å². The monoisotopic (exact) mass is 346 g/mol. The second-order valence-electron chi connectivity index (χ2n) is 7.03. The Labute approximate surface area is 147 Å². The number of aliphatic hydroxyl groups is 3. The van der Waals surface area contributed by atoms with Gasteiger partial charge in [0.1, 0.15) is 24.4 Å². The molecule has 0 unspecified atom stereocenters. The van der Waals surface area contributed by atoms with Crippen molar-refractivity contribution >= 4 is 0 Å². The highest BCUT2D eigenvalue weighted by Crippen LogP contribution is 2.18. The fourth-order valence-corrected chi connectivity index (χ4v) is 3.13. The molecule has 0 saturated carbocycles. The first-order valence-corrected chi connectivity index (χ1v) is 9.90. The molecule has 0 aromatic heterocycles. The maximum absolute atomic E-state index is 9.89. The van der Waals surface area contributed by atoms with Gasteiger partial charge in [-0.05, 0) is 6.42 Å². The van der Waals surface area contributed by atoms with Crippen molar-refractivity contribution in [3.05, 3.63) is 0 Å². The van der Waals surface area contributed by atoms with E-state index < -0.39 is 24.4 Å². The van der Waals surface area contributed by atoms with Crippen LogP contribution in [-0.2, 0) is 9.47 Å². The summed E-state index contributed by atoms with van der Waals surface area (Å²) in [7, 11) is 0. The van der Waals surface area contributed by atoms with E-state index in [0.717, 1.165) is 12.8 Å². The van der Waals surface area contributed by atoms with Crippen molar-refractivity contribution in [2.75, 3.05) is 19.8 Å². The third kappa shape index (κ3) is 9.33. The molecule has 0 aliphatic carbocycles. The Morgan fingerprint density at radius 1 is 0.917 bits per heavy atom. The summed E-state index contributed by atoms with van der Waals surface area (Å²) in [6.07, 6.45) is 10.7. The van der Waals surface area contributed by atoms with E-state index in [4.69, 9.17) is 9.47 Å². The van der Waals surface area contributed by atoms with E-state index in [-0.39, 0.29) is 13.2 Å². The van der Waals surface area contributed by atoms with Crippen LogP contribution in [0.15, 0.2) is 0 Å². The topological polar surface area (TPSA) is 79.2 Å². The predicted molar refractivity (Wildman–Crippen MR) is 95.0 cm³/mol. The molecule has 4 atom stereocenters. The van der Waals surface area contributed by atoms with Crippen molar-refractivity contribution < 1.29 is 24.8 Å². The van der Waals surface area contributed by atoms with E-state index in [2.05, 4.69) is 6.92 Å². The van der Waals surface area contributed by atoms with Crippen molar-refractivity contribution in [2.45, 2.75) is 102 Å². The van der Waals surface area contributed by atoms with Crippen molar-refractivity contribution in [3.63, 3.8) is 0 Å². The molecule has 1 saturated heterocycles. The quantitative estimate of drug-likeness (QED) is 0.397. The number of hydrogen-bond acceptors (Lipinski definition) is 5. The standard InChI is InChI=1S/C19H38O5/c1-2-3-4-5-6-7-8-9-10-11-12-13-23-14-17(21)19-18(22)16(20)15-24-19/h16-22H,2-15H2,1H3/t16-,17+,18-,19-/m0/s1. The van der Waals surface area contributed by atoms with Gasteiger partial charge in [-0.25, -0.2) is 0 Å². The average molecular weight is 347 g/mol. The summed E-state index contributed by atoms with van der Waals surface area (Å²) in [5.74, 6) is 0. The molecule has 0 radical (unpaired) electrons. The minimum Gasteiger partial charge on any atom is -0.388 e. The lowest BCUT2D eigenvalue weighted by molar-refractivity contribution is -0.0813. The van der Waals surface area contributed by atoms with Crippen LogP contribution in [0.25, 0.3) is 0 Å². The molecule has 5 nitrogen and oxygen atoms in total. The second kappa shape index (κ2) is 14.0. The zero-order valence-electron chi connectivity index (χ0n) is 15.4. The van der Waals surface area contributed by atoms with Gasteiger partial charge in [-0.3, -0.25) is 0 Å². The van der Waals surface area contributed by atoms with Gasteiger partial charge in [-0.1, -0.05) is 71.1 Å². The molecule has 0 aromatic carbocycles. The van der Waals surface area contributed by atoms with Crippen molar-refractivity contribution in [1.29, 1.82) is 0 Å². The van der Waals surface area contributed by atoms with Gasteiger partial charge in [0, 0.05) is 6.61 Å². The Balaban J connectivity index is 1.82. The zero-order valence-corrected chi connectivity index (χ0v) is 15.4. The summed E-state index contributed by atoms with van der Waals surface area (Å²) < 4.78 is 10.6. The van der Waals surface area contributed by atoms with Crippen LogP contribution in [0.3, 0.4) is 0 Å². The van der Waals surface area contributed by atoms with Gasteiger partial charge >= 0.3 is 0 Å². The summed E-state index contributed by atoms with van der Waals surface area (Å²) in [6.45, 7) is 3.09. The lowest BCUT2D eigenvalue weighted by atomic mass is 10.1. The highest BCUT2D eigenvalue weighted by Gasteiger charge is 2.39. The Morgan fingerprint density at radius 3 is 1.96 bits per heavy atom. The maximum atomic E-state index is 9.89. The molecule has 0 amide bonds. The third-order valence-electron chi connectivity index (χ3n) is 4.75. The highest BCUT2D eigenvalue weighted by atomic mass is 16.5. The smallest absolute Gasteiger partial charge is 0.114 e. The Bertz CT molecular complexity index is 287. The molecule has 5 heteroatoms. The van der Waals surface area contributed by atoms with Gasteiger partial charge in [-0.15, -0.1) is 0 Å². The molecule has 0 bridgehead atoms. The number of unbranched alkanes of at least 4 members (excludes halogenated alkanes) is 10. The lowest BCUT2D eigenvalue weighted by Crippen LogP contribution is -2.40. The second-order valence-corrected chi connectivity index (χ2v) is 7.03. The predicted octanol–water partition coefficient (Wildman–Crippen LogP) is 2.80.